The molecule has 1 aliphatic heterocycles. The number of benzene rings is 1. The normalized spacial score (nSPS) is 21.4. The zero-order valence-electron chi connectivity index (χ0n) is 11.0. The summed E-state index contributed by atoms with van der Waals surface area (Å²) in [7, 11) is 0. The molecule has 2 N–H and O–H groups in total. The maximum absolute atomic E-state index is 11.0. The van der Waals surface area contributed by atoms with Gasteiger partial charge in [-0.25, -0.2) is 4.79 Å². The van der Waals surface area contributed by atoms with Crippen LogP contribution in [0.1, 0.15) is 18.4 Å². The first-order valence-corrected chi connectivity index (χ1v) is 7.18. The zero-order valence-corrected chi connectivity index (χ0v) is 11.8. The van der Waals surface area contributed by atoms with Crippen molar-refractivity contribution in [3.63, 3.8) is 0 Å². The van der Waals surface area contributed by atoms with Gasteiger partial charge in [-0.2, -0.15) is 0 Å². The molecular weight excluding hydrogens is 280 g/mol. The molecule has 1 saturated heterocycles. The fourth-order valence-corrected chi connectivity index (χ4v) is 2.35. The molecule has 0 aromatic heterocycles. The third kappa shape index (κ3) is 3.35. The number of para-hydroxylation sites is 1. The molecule has 20 heavy (non-hydrogen) atoms. The van der Waals surface area contributed by atoms with Gasteiger partial charge in [0.05, 0.1) is 11.6 Å². The molecule has 0 spiro atoms. The molecule has 5 nitrogen and oxygen atoms in total. The second-order valence-electron chi connectivity index (χ2n) is 5.10. The standard InChI is InChI=1S/C14H17ClN2O3/c15-12-3-1-2-9(6-16-10-4-5-10)13(12)19-8-11-7-17-14(18)20-11/h1-3,10-11,16H,4-8H2,(H,17,18). The number of carbonyl (C=O) groups is 1. The van der Waals surface area contributed by atoms with Gasteiger partial charge in [-0.3, -0.25) is 0 Å². The summed E-state index contributed by atoms with van der Waals surface area (Å²) in [6.07, 6.45) is 1.82. The van der Waals surface area contributed by atoms with Crippen LogP contribution in [0.15, 0.2) is 18.2 Å². The second kappa shape index (κ2) is 5.89. The Kier molecular flexibility index (Phi) is 3.98. The van der Waals surface area contributed by atoms with Crippen LogP contribution in [-0.4, -0.2) is 31.4 Å². The number of carbonyl (C=O) groups excluding carboxylic acids is 1. The summed E-state index contributed by atoms with van der Waals surface area (Å²) in [4.78, 5) is 11.0. The highest BCUT2D eigenvalue weighted by atomic mass is 35.5. The molecule has 3 rings (SSSR count). The predicted molar refractivity (Wildman–Crippen MR) is 75.1 cm³/mol. The molecule has 0 bridgehead atoms. The van der Waals surface area contributed by atoms with Crippen LogP contribution in [0.25, 0.3) is 0 Å². The zero-order chi connectivity index (χ0) is 13.9. The van der Waals surface area contributed by atoms with E-state index in [-0.39, 0.29) is 6.10 Å². The van der Waals surface area contributed by atoms with Gasteiger partial charge in [0.1, 0.15) is 12.4 Å². The molecule has 108 valence electrons. The molecule has 1 aromatic rings. The number of hydrogen-bond acceptors (Lipinski definition) is 4. The lowest BCUT2D eigenvalue weighted by Crippen LogP contribution is -2.23. The summed E-state index contributed by atoms with van der Waals surface area (Å²) in [5.74, 6) is 0.672. The van der Waals surface area contributed by atoms with Crippen molar-refractivity contribution in [2.24, 2.45) is 0 Å². The number of halogens is 1. The molecule has 2 fully saturated rings. The van der Waals surface area contributed by atoms with E-state index < -0.39 is 6.09 Å². The molecule has 0 radical (unpaired) electrons. The molecule has 1 heterocycles. The first-order chi connectivity index (χ1) is 9.72. The number of nitrogens with one attached hydrogen (secondary N) is 2. The summed E-state index contributed by atoms with van der Waals surface area (Å²) in [6.45, 7) is 1.51. The van der Waals surface area contributed by atoms with E-state index in [2.05, 4.69) is 10.6 Å². The Balaban J connectivity index is 1.62. The van der Waals surface area contributed by atoms with E-state index in [0.717, 1.165) is 12.1 Å². The Morgan fingerprint density at radius 2 is 2.30 bits per heavy atom. The number of ether oxygens (including phenoxy) is 2. The van der Waals surface area contributed by atoms with Gasteiger partial charge in [0, 0.05) is 18.2 Å². The van der Waals surface area contributed by atoms with Crippen molar-refractivity contribution in [1.82, 2.24) is 10.6 Å². The second-order valence-corrected chi connectivity index (χ2v) is 5.51. The quantitative estimate of drug-likeness (QED) is 0.844. The minimum Gasteiger partial charge on any atom is -0.488 e. The number of hydrogen-bond donors (Lipinski definition) is 2. The highest BCUT2D eigenvalue weighted by Crippen LogP contribution is 2.30. The summed E-state index contributed by atoms with van der Waals surface area (Å²) in [6, 6.07) is 6.34. The SMILES string of the molecule is O=C1NCC(COc2c(Cl)cccc2CNC2CC2)O1. The molecule has 1 amide bonds. The Labute approximate surface area is 122 Å². The van der Waals surface area contributed by atoms with Crippen molar-refractivity contribution in [3.8, 4) is 5.75 Å². The van der Waals surface area contributed by atoms with E-state index >= 15 is 0 Å². The van der Waals surface area contributed by atoms with Crippen LogP contribution in [0.4, 0.5) is 4.79 Å². The fraction of sp³-hybridized carbons (Fsp3) is 0.500. The van der Waals surface area contributed by atoms with Gasteiger partial charge >= 0.3 is 6.09 Å². The van der Waals surface area contributed by atoms with E-state index in [1.165, 1.54) is 12.8 Å². The average molecular weight is 297 g/mol. The topological polar surface area (TPSA) is 59.6 Å². The summed E-state index contributed by atoms with van der Waals surface area (Å²) >= 11 is 6.20. The van der Waals surface area contributed by atoms with Crippen LogP contribution in [0.3, 0.4) is 0 Å². The summed E-state index contributed by atoms with van der Waals surface area (Å²) in [5, 5.41) is 6.62. The molecule has 1 aliphatic carbocycles. The highest BCUT2D eigenvalue weighted by Gasteiger charge is 2.24. The van der Waals surface area contributed by atoms with Gasteiger partial charge in [-0.1, -0.05) is 23.7 Å². The minimum atomic E-state index is -0.395. The Morgan fingerprint density at radius 1 is 1.45 bits per heavy atom. The third-order valence-corrected chi connectivity index (χ3v) is 3.67. The van der Waals surface area contributed by atoms with Crippen molar-refractivity contribution in [1.29, 1.82) is 0 Å². The van der Waals surface area contributed by atoms with Crippen LogP contribution in [0, 0.1) is 0 Å². The lowest BCUT2D eigenvalue weighted by molar-refractivity contribution is 0.104. The lowest BCUT2D eigenvalue weighted by Gasteiger charge is -2.15. The molecule has 1 unspecified atom stereocenters. The Morgan fingerprint density at radius 3 is 3.00 bits per heavy atom. The van der Waals surface area contributed by atoms with Crippen LogP contribution in [0.5, 0.6) is 5.75 Å². The largest absolute Gasteiger partial charge is 0.488 e. The number of rotatable bonds is 6. The predicted octanol–water partition coefficient (Wildman–Crippen LogP) is 2.08. The smallest absolute Gasteiger partial charge is 0.407 e. The van der Waals surface area contributed by atoms with Crippen LogP contribution < -0.4 is 15.4 Å². The highest BCUT2D eigenvalue weighted by molar-refractivity contribution is 6.32. The monoisotopic (exact) mass is 296 g/mol. The average Bonchev–Trinajstić information content (AvgIpc) is 3.17. The van der Waals surface area contributed by atoms with Crippen molar-refractivity contribution >= 4 is 17.7 Å². The van der Waals surface area contributed by atoms with Crippen LogP contribution >= 0.6 is 11.6 Å². The van der Waals surface area contributed by atoms with Crippen LogP contribution in [0.2, 0.25) is 5.02 Å². The molecule has 1 aromatic carbocycles. The third-order valence-electron chi connectivity index (χ3n) is 3.37. The van der Waals surface area contributed by atoms with Gasteiger partial charge in [-0.05, 0) is 18.9 Å². The van der Waals surface area contributed by atoms with Crippen molar-refractivity contribution in [3.05, 3.63) is 28.8 Å². The van der Waals surface area contributed by atoms with E-state index in [0.29, 0.717) is 30.0 Å². The van der Waals surface area contributed by atoms with E-state index in [9.17, 15) is 4.79 Å². The maximum Gasteiger partial charge on any atom is 0.407 e. The van der Waals surface area contributed by atoms with Crippen LogP contribution in [-0.2, 0) is 11.3 Å². The molecule has 1 saturated carbocycles. The van der Waals surface area contributed by atoms with Gasteiger partial charge in [0.15, 0.2) is 6.10 Å². The number of amides is 1. The van der Waals surface area contributed by atoms with Gasteiger partial charge < -0.3 is 20.1 Å². The van der Waals surface area contributed by atoms with Crippen molar-refractivity contribution in [2.75, 3.05) is 13.2 Å². The van der Waals surface area contributed by atoms with Gasteiger partial charge in [0.25, 0.3) is 0 Å². The van der Waals surface area contributed by atoms with Gasteiger partial charge in [-0.15, -0.1) is 0 Å². The van der Waals surface area contributed by atoms with E-state index in [1.54, 1.807) is 6.07 Å². The summed E-state index contributed by atoms with van der Waals surface area (Å²) in [5.41, 5.74) is 1.03. The first kappa shape index (κ1) is 13.5. The lowest BCUT2D eigenvalue weighted by atomic mass is 10.2. The van der Waals surface area contributed by atoms with Crippen molar-refractivity contribution in [2.45, 2.75) is 31.5 Å². The van der Waals surface area contributed by atoms with Crippen molar-refractivity contribution < 1.29 is 14.3 Å². The number of alkyl carbamates (subject to hydrolysis) is 1. The first-order valence-electron chi connectivity index (χ1n) is 6.80. The fourth-order valence-electron chi connectivity index (χ4n) is 2.10. The summed E-state index contributed by atoms with van der Waals surface area (Å²) < 4.78 is 10.8. The minimum absolute atomic E-state index is 0.261. The number of cyclic esters (lactones) is 1. The Bertz CT molecular complexity index is 505. The molecule has 6 heteroatoms. The van der Waals surface area contributed by atoms with E-state index in [1.807, 2.05) is 12.1 Å². The van der Waals surface area contributed by atoms with Gasteiger partial charge in [0.2, 0.25) is 0 Å². The molecular formula is C14H17ClN2O3. The molecule has 2 aliphatic rings. The molecule has 1 atom stereocenters. The Hall–Kier alpha value is -1.46. The van der Waals surface area contributed by atoms with E-state index in [4.69, 9.17) is 21.1 Å². The maximum atomic E-state index is 11.0.